The van der Waals surface area contributed by atoms with Crippen molar-refractivity contribution in [3.05, 3.63) is 54.3 Å². The quantitative estimate of drug-likeness (QED) is 0.636. The average Bonchev–Trinajstić information content (AvgIpc) is 2.34. The van der Waals surface area contributed by atoms with Crippen LogP contribution in [-0.4, -0.2) is 18.3 Å². The average molecular weight is 228 g/mol. The lowest BCUT2D eigenvalue weighted by molar-refractivity contribution is 0.244. The maximum atomic E-state index is 9.08. The number of allylic oxidation sites excluding steroid dienone is 3. The highest BCUT2D eigenvalue weighted by molar-refractivity contribution is 5.54. The molecule has 0 bridgehead atoms. The van der Waals surface area contributed by atoms with E-state index in [9.17, 15) is 0 Å². The molecule has 1 N–H and O–H groups in total. The molecule has 3 nitrogen and oxygen atoms in total. The van der Waals surface area contributed by atoms with Gasteiger partial charge in [0.15, 0.2) is 0 Å². The fraction of sp³-hybridized carbons (Fsp3) is 0.214. The summed E-state index contributed by atoms with van der Waals surface area (Å²) in [6.07, 6.45) is 4.48. The predicted molar refractivity (Wildman–Crippen MR) is 69.4 cm³/mol. The van der Waals surface area contributed by atoms with Gasteiger partial charge in [0.05, 0.1) is 6.10 Å². The van der Waals surface area contributed by atoms with Crippen molar-refractivity contribution in [2.75, 3.05) is 11.9 Å². The molecule has 1 aromatic carbocycles. The van der Waals surface area contributed by atoms with E-state index in [0.717, 1.165) is 5.69 Å². The van der Waals surface area contributed by atoms with Crippen LogP contribution in [0.5, 0.6) is 0 Å². The van der Waals surface area contributed by atoms with Crippen LogP contribution < -0.4 is 4.90 Å². The van der Waals surface area contributed by atoms with Gasteiger partial charge >= 0.3 is 0 Å². The monoisotopic (exact) mass is 228 g/mol. The number of para-hydroxylation sites is 1. The van der Waals surface area contributed by atoms with Crippen molar-refractivity contribution >= 4 is 5.69 Å². The van der Waals surface area contributed by atoms with Gasteiger partial charge in [0.1, 0.15) is 11.8 Å². The summed E-state index contributed by atoms with van der Waals surface area (Å²) >= 11 is 0. The molecule has 0 radical (unpaired) electrons. The third-order valence-corrected chi connectivity index (χ3v) is 2.26. The number of anilines is 1. The Balaban J connectivity index is 2.86. The molecular weight excluding hydrogens is 212 g/mol. The van der Waals surface area contributed by atoms with Gasteiger partial charge in [-0.15, -0.1) is 0 Å². The van der Waals surface area contributed by atoms with Crippen LogP contribution in [0.25, 0.3) is 0 Å². The second-order valence-electron chi connectivity index (χ2n) is 3.68. The molecule has 88 valence electrons. The first kappa shape index (κ1) is 13.0. The molecule has 3 heteroatoms. The van der Waals surface area contributed by atoms with Gasteiger partial charge in [-0.25, -0.2) is 0 Å². The van der Waals surface area contributed by atoms with E-state index in [-0.39, 0.29) is 0 Å². The first-order valence-corrected chi connectivity index (χ1v) is 5.40. The van der Waals surface area contributed by atoms with E-state index in [1.807, 2.05) is 37.4 Å². The smallest absolute Gasteiger partial charge is 0.120 e. The Labute approximate surface area is 102 Å². The molecule has 0 saturated carbocycles. The number of rotatable bonds is 4. The second-order valence-corrected chi connectivity index (χ2v) is 3.68. The van der Waals surface area contributed by atoms with E-state index in [4.69, 9.17) is 10.4 Å². The molecule has 1 aromatic rings. The number of nitriles is 1. The van der Waals surface area contributed by atoms with Crippen molar-refractivity contribution in [1.82, 2.24) is 0 Å². The van der Waals surface area contributed by atoms with E-state index < -0.39 is 6.10 Å². The molecule has 17 heavy (non-hydrogen) atoms. The molecule has 0 spiro atoms. The molecule has 0 fully saturated rings. The Morgan fingerprint density at radius 1 is 1.41 bits per heavy atom. The van der Waals surface area contributed by atoms with Gasteiger partial charge in [-0.3, -0.25) is 0 Å². The van der Waals surface area contributed by atoms with Crippen molar-refractivity contribution in [3.63, 3.8) is 0 Å². The van der Waals surface area contributed by atoms with Gasteiger partial charge in [-0.05, 0) is 25.1 Å². The summed E-state index contributed by atoms with van der Waals surface area (Å²) < 4.78 is 0. The van der Waals surface area contributed by atoms with E-state index in [1.54, 1.807) is 30.1 Å². The van der Waals surface area contributed by atoms with Crippen molar-refractivity contribution in [1.29, 1.82) is 5.26 Å². The van der Waals surface area contributed by atoms with E-state index in [1.165, 1.54) is 0 Å². The summed E-state index contributed by atoms with van der Waals surface area (Å²) in [5.41, 5.74) is 1.47. The highest BCUT2D eigenvalue weighted by atomic mass is 16.3. The number of nitrogens with zero attached hydrogens (tertiary/aromatic N) is 2. The molecule has 0 saturated heterocycles. The van der Waals surface area contributed by atoms with E-state index >= 15 is 0 Å². The van der Waals surface area contributed by atoms with Crippen molar-refractivity contribution in [3.8, 4) is 6.07 Å². The van der Waals surface area contributed by atoms with Gasteiger partial charge in [0.25, 0.3) is 0 Å². The zero-order valence-electron chi connectivity index (χ0n) is 10.0. The number of hydrogen-bond acceptors (Lipinski definition) is 3. The molecule has 0 amide bonds. The minimum atomic E-state index is -0.506. The van der Waals surface area contributed by atoms with Crippen LogP contribution in [0.15, 0.2) is 54.3 Å². The summed E-state index contributed by atoms with van der Waals surface area (Å²) in [6, 6.07) is 11.8. The van der Waals surface area contributed by atoms with E-state index in [0.29, 0.717) is 5.70 Å². The Morgan fingerprint density at radius 2 is 2.06 bits per heavy atom. The molecular formula is C14H16N2O. The van der Waals surface area contributed by atoms with Crippen LogP contribution in [0.3, 0.4) is 0 Å². The normalized spacial score (nSPS) is 13.4. The summed E-state index contributed by atoms with van der Waals surface area (Å²) in [7, 11) is 1.83. The maximum Gasteiger partial charge on any atom is 0.120 e. The first-order chi connectivity index (χ1) is 8.15. The Morgan fingerprint density at radius 3 is 2.59 bits per heavy atom. The number of aliphatic hydroxyl groups is 1. The first-order valence-electron chi connectivity index (χ1n) is 5.40. The molecule has 0 aliphatic carbocycles. The van der Waals surface area contributed by atoms with Crippen LogP contribution in [0, 0.1) is 11.3 Å². The SMILES string of the molecule is CC(O)/C=C\C=C(/C#N)N(C)c1ccccc1. The van der Waals surface area contributed by atoms with Crippen LogP contribution in [0.2, 0.25) is 0 Å². The zero-order chi connectivity index (χ0) is 12.7. The maximum absolute atomic E-state index is 9.08. The summed E-state index contributed by atoms with van der Waals surface area (Å²) in [4.78, 5) is 1.80. The second kappa shape index (κ2) is 6.51. The number of benzene rings is 1. The van der Waals surface area contributed by atoms with Crippen molar-refractivity contribution < 1.29 is 5.11 Å². The lowest BCUT2D eigenvalue weighted by Crippen LogP contribution is -2.14. The predicted octanol–water partition coefficient (Wildman–Crippen LogP) is 2.47. The van der Waals surface area contributed by atoms with Crippen LogP contribution in [0.4, 0.5) is 5.69 Å². The van der Waals surface area contributed by atoms with E-state index in [2.05, 4.69) is 6.07 Å². The van der Waals surface area contributed by atoms with Gasteiger partial charge in [0, 0.05) is 12.7 Å². The third-order valence-electron chi connectivity index (χ3n) is 2.26. The van der Waals surface area contributed by atoms with Crippen molar-refractivity contribution in [2.45, 2.75) is 13.0 Å². The lowest BCUT2D eigenvalue weighted by atomic mass is 10.2. The minimum Gasteiger partial charge on any atom is -0.389 e. The molecule has 0 aliphatic heterocycles. The summed E-state index contributed by atoms with van der Waals surface area (Å²) in [6.45, 7) is 1.66. The van der Waals surface area contributed by atoms with Gasteiger partial charge < -0.3 is 10.0 Å². The molecule has 0 aromatic heterocycles. The Kier molecular flexibility index (Phi) is 4.99. The van der Waals surface area contributed by atoms with Crippen LogP contribution >= 0.6 is 0 Å². The Hall–Kier alpha value is -2.05. The van der Waals surface area contributed by atoms with Gasteiger partial charge in [0.2, 0.25) is 0 Å². The molecule has 0 heterocycles. The zero-order valence-corrected chi connectivity index (χ0v) is 10.0. The topological polar surface area (TPSA) is 47.3 Å². The largest absolute Gasteiger partial charge is 0.389 e. The van der Waals surface area contributed by atoms with Gasteiger partial charge in [-0.2, -0.15) is 5.26 Å². The lowest BCUT2D eigenvalue weighted by Gasteiger charge is -2.17. The summed E-state index contributed by atoms with van der Waals surface area (Å²) in [5, 5.41) is 18.1. The van der Waals surface area contributed by atoms with Gasteiger partial charge in [-0.1, -0.05) is 30.4 Å². The molecule has 1 rings (SSSR count). The molecule has 1 atom stereocenters. The standard InChI is InChI=1S/C14H16N2O/c1-12(17)7-6-10-14(11-15)16(2)13-8-4-3-5-9-13/h3-10,12,17H,1-2H3/b7-6-,14-10+. The fourth-order valence-corrected chi connectivity index (χ4v) is 1.32. The molecule has 0 aliphatic rings. The molecule has 1 unspecified atom stereocenters. The highest BCUT2D eigenvalue weighted by Gasteiger charge is 2.04. The highest BCUT2D eigenvalue weighted by Crippen LogP contribution is 2.15. The third kappa shape index (κ3) is 4.13. The Bertz CT molecular complexity index is 441. The summed E-state index contributed by atoms with van der Waals surface area (Å²) in [5.74, 6) is 0. The fourth-order valence-electron chi connectivity index (χ4n) is 1.32. The minimum absolute atomic E-state index is 0.506. The number of hydrogen-bond donors (Lipinski definition) is 1. The number of aliphatic hydroxyl groups excluding tert-OH is 1. The van der Waals surface area contributed by atoms with Crippen LogP contribution in [-0.2, 0) is 0 Å². The van der Waals surface area contributed by atoms with Crippen LogP contribution in [0.1, 0.15) is 6.92 Å². The van der Waals surface area contributed by atoms with Crippen molar-refractivity contribution in [2.24, 2.45) is 0 Å².